The van der Waals surface area contributed by atoms with Crippen molar-refractivity contribution in [2.45, 2.75) is 25.2 Å². The van der Waals surface area contributed by atoms with Gasteiger partial charge >= 0.3 is 6.18 Å². The zero-order chi connectivity index (χ0) is 12.5. The molecule has 0 saturated carbocycles. The lowest BCUT2D eigenvalue weighted by Gasteiger charge is -2.17. The second-order valence-corrected chi connectivity index (χ2v) is 3.91. The van der Waals surface area contributed by atoms with Crippen LogP contribution >= 0.6 is 11.6 Å². The lowest BCUT2D eigenvalue weighted by atomic mass is 10.0. The van der Waals surface area contributed by atoms with Gasteiger partial charge in [0.15, 0.2) is 0 Å². The van der Waals surface area contributed by atoms with Crippen molar-refractivity contribution in [1.29, 1.82) is 0 Å². The molecule has 1 rings (SSSR count). The second-order valence-electron chi connectivity index (χ2n) is 3.50. The van der Waals surface area contributed by atoms with Gasteiger partial charge in [-0.2, -0.15) is 13.2 Å². The van der Waals surface area contributed by atoms with Gasteiger partial charge in [0, 0.05) is 0 Å². The number of halogens is 4. The predicted molar refractivity (Wildman–Crippen MR) is 55.1 cm³/mol. The molecule has 1 aromatic carbocycles. The van der Waals surface area contributed by atoms with Crippen molar-refractivity contribution in [2.24, 2.45) is 5.73 Å². The molecule has 3 N–H and O–H groups in total. The molecular formula is C10H11ClF3NO. The average Bonchev–Trinajstić information content (AvgIpc) is 2.15. The molecule has 0 saturated heterocycles. The molecule has 1 aromatic rings. The Bertz CT molecular complexity index is 379. The van der Waals surface area contributed by atoms with Crippen LogP contribution < -0.4 is 5.73 Å². The second kappa shape index (κ2) is 4.61. The normalized spacial score (nSPS) is 15.9. The molecule has 0 heterocycles. The number of rotatable bonds is 2. The van der Waals surface area contributed by atoms with Gasteiger partial charge in [-0.15, -0.1) is 0 Å². The molecule has 2 atom stereocenters. The first-order chi connectivity index (χ1) is 7.23. The van der Waals surface area contributed by atoms with Gasteiger partial charge in [0.05, 0.1) is 22.7 Å². The Morgan fingerprint density at radius 1 is 1.38 bits per heavy atom. The van der Waals surface area contributed by atoms with Gasteiger partial charge in [-0.25, -0.2) is 0 Å². The molecule has 2 nitrogen and oxygen atoms in total. The molecule has 0 aliphatic heterocycles. The van der Waals surface area contributed by atoms with E-state index in [2.05, 4.69) is 0 Å². The molecule has 16 heavy (non-hydrogen) atoms. The van der Waals surface area contributed by atoms with E-state index in [4.69, 9.17) is 17.3 Å². The van der Waals surface area contributed by atoms with Crippen LogP contribution in [0.2, 0.25) is 5.02 Å². The average molecular weight is 254 g/mol. The highest BCUT2D eigenvalue weighted by molar-refractivity contribution is 6.31. The van der Waals surface area contributed by atoms with Crippen molar-refractivity contribution in [3.05, 3.63) is 34.3 Å². The summed E-state index contributed by atoms with van der Waals surface area (Å²) >= 11 is 5.44. The Labute approximate surface area is 95.8 Å². The highest BCUT2D eigenvalue weighted by Crippen LogP contribution is 2.36. The summed E-state index contributed by atoms with van der Waals surface area (Å²) in [6, 6.07) is 2.50. The molecule has 0 aromatic heterocycles. The molecule has 0 aliphatic rings. The van der Waals surface area contributed by atoms with Gasteiger partial charge in [-0.3, -0.25) is 0 Å². The maximum atomic E-state index is 12.5. The fraction of sp³-hybridized carbons (Fsp3) is 0.400. The van der Waals surface area contributed by atoms with Crippen LogP contribution in [-0.4, -0.2) is 11.2 Å². The standard InChI is InChI=1S/C10H11ClF3NO/c1-5(16)9(15)6-2-3-8(11)7(4-6)10(12,13)14/h2-5,9,16H,15H2,1H3/t5-,9+/m1/s1. The van der Waals surface area contributed by atoms with E-state index in [1.165, 1.54) is 13.0 Å². The number of hydrogen-bond acceptors (Lipinski definition) is 2. The van der Waals surface area contributed by atoms with Crippen LogP contribution in [0, 0.1) is 0 Å². The summed E-state index contributed by atoms with van der Waals surface area (Å²) in [5.74, 6) is 0. The van der Waals surface area contributed by atoms with Gasteiger partial charge in [-0.05, 0) is 24.6 Å². The summed E-state index contributed by atoms with van der Waals surface area (Å²) in [6.45, 7) is 1.41. The smallest absolute Gasteiger partial charge is 0.391 e. The van der Waals surface area contributed by atoms with Crippen molar-refractivity contribution in [1.82, 2.24) is 0 Å². The Morgan fingerprint density at radius 3 is 2.38 bits per heavy atom. The van der Waals surface area contributed by atoms with Crippen molar-refractivity contribution in [2.75, 3.05) is 0 Å². The van der Waals surface area contributed by atoms with E-state index >= 15 is 0 Å². The van der Waals surface area contributed by atoms with Crippen molar-refractivity contribution in [3.63, 3.8) is 0 Å². The van der Waals surface area contributed by atoms with Crippen LogP contribution in [0.25, 0.3) is 0 Å². The maximum Gasteiger partial charge on any atom is 0.417 e. The number of hydrogen-bond donors (Lipinski definition) is 2. The molecule has 0 amide bonds. The summed E-state index contributed by atoms with van der Waals surface area (Å²) in [4.78, 5) is 0. The SMILES string of the molecule is C[C@@H](O)[C@H](N)c1ccc(Cl)c(C(F)(F)F)c1. The van der Waals surface area contributed by atoms with E-state index in [0.717, 1.165) is 12.1 Å². The van der Waals surface area contributed by atoms with E-state index in [0.29, 0.717) is 0 Å². The fourth-order valence-corrected chi connectivity index (χ4v) is 1.47. The number of nitrogens with two attached hydrogens (primary N) is 1. The third-order valence-electron chi connectivity index (χ3n) is 2.20. The maximum absolute atomic E-state index is 12.5. The topological polar surface area (TPSA) is 46.2 Å². The molecule has 90 valence electrons. The summed E-state index contributed by atoms with van der Waals surface area (Å²) < 4.78 is 37.5. The Balaban J connectivity index is 3.18. The van der Waals surface area contributed by atoms with Gasteiger partial charge in [-0.1, -0.05) is 17.7 Å². The van der Waals surface area contributed by atoms with Gasteiger partial charge < -0.3 is 10.8 Å². The quantitative estimate of drug-likeness (QED) is 0.851. The number of aliphatic hydroxyl groups excluding tert-OH is 1. The summed E-state index contributed by atoms with van der Waals surface area (Å²) in [6.07, 6.45) is -5.45. The number of aliphatic hydroxyl groups is 1. The highest BCUT2D eigenvalue weighted by atomic mass is 35.5. The van der Waals surface area contributed by atoms with Crippen LogP contribution in [0.1, 0.15) is 24.1 Å². The van der Waals surface area contributed by atoms with E-state index < -0.39 is 23.9 Å². The number of alkyl halides is 3. The minimum atomic E-state index is -4.52. The Hall–Kier alpha value is -0.780. The molecule has 0 unspecified atom stereocenters. The summed E-state index contributed by atoms with van der Waals surface area (Å²) in [5, 5.41) is 8.82. The Morgan fingerprint density at radius 2 is 1.94 bits per heavy atom. The monoisotopic (exact) mass is 253 g/mol. The fourth-order valence-electron chi connectivity index (χ4n) is 1.25. The lowest BCUT2D eigenvalue weighted by molar-refractivity contribution is -0.137. The van der Waals surface area contributed by atoms with Crippen molar-refractivity contribution in [3.8, 4) is 0 Å². The van der Waals surface area contributed by atoms with E-state index in [-0.39, 0.29) is 10.6 Å². The Kier molecular flexibility index (Phi) is 3.83. The van der Waals surface area contributed by atoms with E-state index in [9.17, 15) is 18.3 Å². The van der Waals surface area contributed by atoms with Crippen LogP contribution in [0.4, 0.5) is 13.2 Å². The van der Waals surface area contributed by atoms with E-state index in [1.54, 1.807) is 0 Å². The zero-order valence-corrected chi connectivity index (χ0v) is 9.18. The summed E-state index contributed by atoms with van der Waals surface area (Å²) in [5.41, 5.74) is 4.80. The largest absolute Gasteiger partial charge is 0.417 e. The zero-order valence-electron chi connectivity index (χ0n) is 8.42. The molecule has 0 radical (unpaired) electrons. The first kappa shape index (κ1) is 13.3. The first-order valence-corrected chi connectivity index (χ1v) is 4.91. The van der Waals surface area contributed by atoms with E-state index in [1.807, 2.05) is 0 Å². The van der Waals surface area contributed by atoms with Crippen LogP contribution in [0.5, 0.6) is 0 Å². The number of benzene rings is 1. The molecular weight excluding hydrogens is 243 g/mol. The lowest BCUT2D eigenvalue weighted by Crippen LogP contribution is -2.23. The third-order valence-corrected chi connectivity index (χ3v) is 2.53. The van der Waals surface area contributed by atoms with Gasteiger partial charge in [0.25, 0.3) is 0 Å². The van der Waals surface area contributed by atoms with Gasteiger partial charge in [0.1, 0.15) is 0 Å². The molecule has 0 spiro atoms. The third kappa shape index (κ3) is 2.87. The predicted octanol–water partition coefficient (Wildman–Crippen LogP) is 2.74. The van der Waals surface area contributed by atoms with Crippen molar-refractivity contribution >= 4 is 11.6 Å². The summed E-state index contributed by atoms with van der Waals surface area (Å²) in [7, 11) is 0. The van der Waals surface area contributed by atoms with Crippen LogP contribution in [0.15, 0.2) is 18.2 Å². The molecule has 0 fully saturated rings. The first-order valence-electron chi connectivity index (χ1n) is 4.53. The molecule has 0 bridgehead atoms. The minimum Gasteiger partial charge on any atom is -0.391 e. The van der Waals surface area contributed by atoms with Gasteiger partial charge in [0.2, 0.25) is 0 Å². The minimum absolute atomic E-state index is 0.201. The van der Waals surface area contributed by atoms with Crippen molar-refractivity contribution < 1.29 is 18.3 Å². The highest BCUT2D eigenvalue weighted by Gasteiger charge is 2.33. The molecule has 0 aliphatic carbocycles. The van der Waals surface area contributed by atoms with Crippen LogP contribution in [-0.2, 0) is 6.18 Å². The van der Waals surface area contributed by atoms with Crippen LogP contribution in [0.3, 0.4) is 0 Å². The molecule has 6 heteroatoms.